The minimum Gasteiger partial charge on any atom is -0.466 e. The molecule has 1 amide bonds. The van der Waals surface area contributed by atoms with Gasteiger partial charge in [0.05, 0.1) is 18.9 Å². The first-order chi connectivity index (χ1) is 10.6. The number of ether oxygens (including phenoxy) is 2. The number of hydrogen-bond donors (Lipinski definition) is 0. The number of nitro groups is 1. The van der Waals surface area contributed by atoms with Crippen LogP contribution in [0, 0.1) is 16.0 Å². The lowest BCUT2D eigenvalue weighted by molar-refractivity contribution is -0.489. The normalized spacial score (nSPS) is 19.3. The van der Waals surface area contributed by atoms with E-state index in [2.05, 4.69) is 0 Å². The van der Waals surface area contributed by atoms with Crippen molar-refractivity contribution in [3.8, 4) is 0 Å². The van der Waals surface area contributed by atoms with Crippen LogP contribution in [-0.4, -0.2) is 53.2 Å². The molecule has 0 saturated carbocycles. The molecule has 1 fully saturated rings. The summed E-state index contributed by atoms with van der Waals surface area (Å²) in [6, 6.07) is -0.375. The minimum absolute atomic E-state index is 0.0707. The maximum absolute atomic E-state index is 12.3. The lowest BCUT2D eigenvalue weighted by atomic mass is 9.94. The van der Waals surface area contributed by atoms with Crippen LogP contribution >= 0.6 is 0 Å². The van der Waals surface area contributed by atoms with Crippen LogP contribution in [0.2, 0.25) is 0 Å². The second-order valence-corrected chi connectivity index (χ2v) is 6.67. The minimum atomic E-state index is -0.635. The summed E-state index contributed by atoms with van der Waals surface area (Å²) < 4.78 is 10.3. The first-order valence-electron chi connectivity index (χ1n) is 7.91. The Kier molecular flexibility index (Phi) is 6.78. The SMILES string of the molecule is CCOC(=O)C[C@H](C[N+](=O)[O-])[C@@H]1CCCN1C(=O)OC(C)(C)C. The molecule has 0 aromatic heterocycles. The van der Waals surface area contributed by atoms with Crippen LogP contribution in [-0.2, 0) is 14.3 Å². The highest BCUT2D eigenvalue weighted by atomic mass is 16.6. The zero-order valence-corrected chi connectivity index (χ0v) is 14.2. The molecule has 1 rings (SSSR count). The zero-order chi connectivity index (χ0) is 17.6. The molecule has 0 aromatic rings. The van der Waals surface area contributed by atoms with Gasteiger partial charge in [0.25, 0.3) is 0 Å². The number of hydrogen-bond acceptors (Lipinski definition) is 6. The van der Waals surface area contributed by atoms with Gasteiger partial charge in [-0.25, -0.2) is 4.79 Å². The molecule has 0 spiro atoms. The third-order valence-corrected chi connectivity index (χ3v) is 3.59. The molecule has 1 aliphatic heterocycles. The van der Waals surface area contributed by atoms with Crippen molar-refractivity contribution in [3.05, 3.63) is 10.1 Å². The Morgan fingerprint density at radius 3 is 2.57 bits per heavy atom. The third-order valence-electron chi connectivity index (χ3n) is 3.59. The van der Waals surface area contributed by atoms with Gasteiger partial charge in [-0.1, -0.05) is 0 Å². The van der Waals surface area contributed by atoms with Crippen molar-refractivity contribution < 1.29 is 24.0 Å². The monoisotopic (exact) mass is 330 g/mol. The predicted octanol–water partition coefficient (Wildman–Crippen LogP) is 2.23. The van der Waals surface area contributed by atoms with Gasteiger partial charge in [0, 0.05) is 17.5 Å². The molecule has 0 aliphatic carbocycles. The topological polar surface area (TPSA) is 99.0 Å². The number of rotatable bonds is 6. The van der Waals surface area contributed by atoms with E-state index in [0.29, 0.717) is 13.0 Å². The molecule has 0 aromatic carbocycles. The van der Waals surface area contributed by atoms with E-state index in [1.54, 1.807) is 27.7 Å². The molecule has 0 bridgehead atoms. The molecule has 1 heterocycles. The van der Waals surface area contributed by atoms with Crippen molar-refractivity contribution >= 4 is 12.1 Å². The number of likely N-dealkylation sites (tertiary alicyclic amines) is 1. The molecular formula is C15H26N2O6. The summed E-state index contributed by atoms with van der Waals surface area (Å²) in [5, 5.41) is 10.9. The van der Waals surface area contributed by atoms with E-state index < -0.39 is 28.5 Å². The highest BCUT2D eigenvalue weighted by Gasteiger charge is 2.40. The summed E-state index contributed by atoms with van der Waals surface area (Å²) in [4.78, 5) is 36.0. The average Bonchev–Trinajstić information content (AvgIpc) is 2.84. The Balaban J connectivity index is 2.83. The summed E-state index contributed by atoms with van der Waals surface area (Å²) in [5.74, 6) is -1.05. The summed E-state index contributed by atoms with van der Waals surface area (Å²) in [6.45, 7) is 7.32. The van der Waals surface area contributed by atoms with E-state index in [4.69, 9.17) is 9.47 Å². The zero-order valence-electron chi connectivity index (χ0n) is 14.2. The van der Waals surface area contributed by atoms with Crippen LogP contribution in [0.3, 0.4) is 0 Å². The Hall–Kier alpha value is -1.86. The van der Waals surface area contributed by atoms with Gasteiger partial charge in [-0.3, -0.25) is 14.9 Å². The van der Waals surface area contributed by atoms with E-state index in [0.717, 1.165) is 6.42 Å². The summed E-state index contributed by atoms with van der Waals surface area (Å²) in [7, 11) is 0. The maximum Gasteiger partial charge on any atom is 0.410 e. The first kappa shape index (κ1) is 19.2. The van der Waals surface area contributed by atoms with E-state index in [9.17, 15) is 19.7 Å². The molecule has 1 aliphatic rings. The smallest absolute Gasteiger partial charge is 0.410 e. The summed E-state index contributed by atoms with van der Waals surface area (Å²) in [5.41, 5.74) is -0.635. The van der Waals surface area contributed by atoms with Gasteiger partial charge < -0.3 is 14.4 Å². The number of nitrogens with zero attached hydrogens (tertiary/aromatic N) is 2. The third kappa shape index (κ3) is 6.42. The van der Waals surface area contributed by atoms with Gasteiger partial charge in [-0.2, -0.15) is 0 Å². The van der Waals surface area contributed by atoms with E-state index in [1.165, 1.54) is 4.90 Å². The Labute approximate surface area is 136 Å². The van der Waals surface area contributed by atoms with Crippen molar-refractivity contribution in [1.82, 2.24) is 4.90 Å². The van der Waals surface area contributed by atoms with Gasteiger partial charge in [0.15, 0.2) is 0 Å². The van der Waals surface area contributed by atoms with E-state index in [-0.39, 0.29) is 25.6 Å². The van der Waals surface area contributed by atoms with Crippen molar-refractivity contribution in [2.75, 3.05) is 19.7 Å². The number of amides is 1. The van der Waals surface area contributed by atoms with Gasteiger partial charge in [-0.05, 0) is 40.5 Å². The van der Waals surface area contributed by atoms with Crippen molar-refractivity contribution in [3.63, 3.8) is 0 Å². The van der Waals surface area contributed by atoms with Crippen LogP contribution in [0.25, 0.3) is 0 Å². The molecule has 8 heteroatoms. The molecule has 0 unspecified atom stereocenters. The summed E-state index contributed by atoms with van der Waals surface area (Å²) in [6.07, 6.45) is 0.800. The van der Waals surface area contributed by atoms with Gasteiger partial charge >= 0.3 is 12.1 Å². The lowest BCUT2D eigenvalue weighted by Gasteiger charge is -2.31. The van der Waals surface area contributed by atoms with Gasteiger partial charge in [0.2, 0.25) is 6.54 Å². The van der Waals surface area contributed by atoms with Crippen LogP contribution in [0.4, 0.5) is 4.79 Å². The molecule has 132 valence electrons. The molecule has 1 saturated heterocycles. The van der Waals surface area contributed by atoms with Crippen LogP contribution in [0.5, 0.6) is 0 Å². The second-order valence-electron chi connectivity index (χ2n) is 6.67. The van der Waals surface area contributed by atoms with Gasteiger partial charge in [0.1, 0.15) is 5.60 Å². The van der Waals surface area contributed by atoms with Crippen molar-refractivity contribution in [2.45, 2.75) is 58.6 Å². The number of carbonyl (C=O) groups excluding carboxylic acids is 2. The Morgan fingerprint density at radius 2 is 2.04 bits per heavy atom. The highest BCUT2D eigenvalue weighted by Crippen LogP contribution is 2.28. The summed E-state index contributed by atoms with van der Waals surface area (Å²) >= 11 is 0. The molecule has 2 atom stereocenters. The van der Waals surface area contributed by atoms with Crippen molar-refractivity contribution in [1.29, 1.82) is 0 Å². The second kappa shape index (κ2) is 8.12. The van der Waals surface area contributed by atoms with Crippen LogP contribution in [0.15, 0.2) is 0 Å². The quantitative estimate of drug-likeness (QED) is 0.421. The Morgan fingerprint density at radius 1 is 1.39 bits per heavy atom. The first-order valence-corrected chi connectivity index (χ1v) is 7.91. The number of carbonyl (C=O) groups is 2. The fourth-order valence-electron chi connectivity index (χ4n) is 2.78. The number of esters is 1. The fourth-order valence-corrected chi connectivity index (χ4v) is 2.78. The molecule has 23 heavy (non-hydrogen) atoms. The average molecular weight is 330 g/mol. The fraction of sp³-hybridized carbons (Fsp3) is 0.867. The van der Waals surface area contributed by atoms with Gasteiger partial charge in [-0.15, -0.1) is 0 Å². The maximum atomic E-state index is 12.3. The predicted molar refractivity (Wildman–Crippen MR) is 82.6 cm³/mol. The lowest BCUT2D eigenvalue weighted by Crippen LogP contribution is -2.45. The largest absolute Gasteiger partial charge is 0.466 e. The molecule has 0 N–H and O–H groups in total. The molecular weight excluding hydrogens is 304 g/mol. The van der Waals surface area contributed by atoms with Crippen LogP contribution in [0.1, 0.15) is 47.0 Å². The van der Waals surface area contributed by atoms with E-state index >= 15 is 0 Å². The molecule has 0 radical (unpaired) electrons. The standard InChI is InChI=1S/C15H26N2O6/c1-5-22-13(18)9-11(10-17(20)21)12-7-6-8-16(12)14(19)23-15(2,3)4/h11-12H,5-10H2,1-4H3/t11-,12+/m1/s1. The highest BCUT2D eigenvalue weighted by molar-refractivity contribution is 5.71. The molecule has 8 nitrogen and oxygen atoms in total. The van der Waals surface area contributed by atoms with Crippen LogP contribution < -0.4 is 0 Å². The van der Waals surface area contributed by atoms with E-state index in [1.807, 2.05) is 0 Å². The Bertz CT molecular complexity index is 446. The van der Waals surface area contributed by atoms with Crippen molar-refractivity contribution in [2.24, 2.45) is 5.92 Å².